The van der Waals surface area contributed by atoms with E-state index >= 15 is 0 Å². The minimum Gasteiger partial charge on any atom is -0.329 e. The second-order valence-corrected chi connectivity index (χ2v) is 6.96. The van der Waals surface area contributed by atoms with Gasteiger partial charge in [0.05, 0.1) is 11.8 Å². The zero-order valence-corrected chi connectivity index (χ0v) is 15.9. The van der Waals surface area contributed by atoms with E-state index in [1.54, 1.807) is 61.7 Å². The van der Waals surface area contributed by atoms with Crippen LogP contribution >= 0.6 is 35.0 Å². The third kappa shape index (κ3) is 4.99. The van der Waals surface area contributed by atoms with Gasteiger partial charge in [-0.3, -0.25) is 4.79 Å². The molecule has 2 aromatic rings. The number of amides is 1. The van der Waals surface area contributed by atoms with E-state index in [0.717, 1.165) is 0 Å². The van der Waals surface area contributed by atoms with E-state index < -0.39 is 5.54 Å². The number of hydrogen-bond donors (Lipinski definition) is 1. The number of hydrogen-bond acceptors (Lipinski definition) is 4. The second-order valence-electron chi connectivity index (χ2n) is 5.30. The van der Waals surface area contributed by atoms with E-state index in [0.29, 0.717) is 26.3 Å². The molecule has 7 heteroatoms. The Hall–Kier alpha value is -2.00. The Morgan fingerprint density at radius 3 is 2.12 bits per heavy atom. The summed E-state index contributed by atoms with van der Waals surface area (Å²) in [6.45, 7) is 1.62. The van der Waals surface area contributed by atoms with E-state index in [1.165, 1.54) is 11.8 Å². The number of nitriles is 1. The molecule has 1 unspecified atom stereocenters. The standard InChI is InChI=1S/C18H15Cl2N3OS/c1-18(11-21,23-16(24)12-3-5-13(19)6-4-12)17(25-2)22-15-9-7-14(20)8-10-15/h3-10H,1-2H3,(H,23,24). The van der Waals surface area contributed by atoms with Gasteiger partial charge in [0.1, 0.15) is 5.04 Å². The van der Waals surface area contributed by atoms with E-state index in [9.17, 15) is 10.1 Å². The molecule has 0 spiro atoms. The zero-order chi connectivity index (χ0) is 18.4. The van der Waals surface area contributed by atoms with Crippen molar-refractivity contribution in [1.82, 2.24) is 5.32 Å². The van der Waals surface area contributed by atoms with E-state index in [-0.39, 0.29) is 5.91 Å². The van der Waals surface area contributed by atoms with E-state index in [4.69, 9.17) is 23.2 Å². The largest absolute Gasteiger partial charge is 0.329 e. The van der Waals surface area contributed by atoms with Crippen molar-refractivity contribution in [2.45, 2.75) is 12.5 Å². The number of thioether (sulfide) groups is 1. The van der Waals surface area contributed by atoms with Gasteiger partial charge in [-0.2, -0.15) is 5.26 Å². The highest BCUT2D eigenvalue weighted by Crippen LogP contribution is 2.23. The maximum atomic E-state index is 12.5. The van der Waals surface area contributed by atoms with Crippen molar-refractivity contribution in [3.8, 4) is 6.07 Å². The molecule has 0 aliphatic rings. The molecule has 1 atom stereocenters. The molecule has 0 aliphatic heterocycles. The van der Waals surface area contributed by atoms with Crippen LogP contribution in [-0.4, -0.2) is 22.7 Å². The van der Waals surface area contributed by atoms with Crippen molar-refractivity contribution in [1.29, 1.82) is 5.26 Å². The second kappa shape index (κ2) is 8.39. The van der Waals surface area contributed by atoms with Gasteiger partial charge in [-0.25, -0.2) is 4.99 Å². The molecular formula is C18H15Cl2N3OS. The topological polar surface area (TPSA) is 65.2 Å². The number of carbonyl (C=O) groups excluding carboxylic acids is 1. The molecular weight excluding hydrogens is 377 g/mol. The molecule has 0 saturated carbocycles. The molecule has 0 aromatic heterocycles. The molecule has 0 saturated heterocycles. The fourth-order valence-corrected chi connectivity index (χ4v) is 2.98. The predicted molar refractivity (Wildman–Crippen MR) is 105 cm³/mol. The number of carbonyl (C=O) groups is 1. The summed E-state index contributed by atoms with van der Waals surface area (Å²) in [6.07, 6.45) is 1.80. The van der Waals surface area contributed by atoms with Crippen LogP contribution in [0.1, 0.15) is 17.3 Å². The van der Waals surface area contributed by atoms with Gasteiger partial charge in [0.2, 0.25) is 0 Å². The van der Waals surface area contributed by atoms with Gasteiger partial charge in [0.25, 0.3) is 5.91 Å². The Morgan fingerprint density at radius 2 is 1.64 bits per heavy atom. The first-order chi connectivity index (χ1) is 11.9. The van der Waals surface area contributed by atoms with Crippen LogP contribution in [0, 0.1) is 11.3 Å². The van der Waals surface area contributed by atoms with Gasteiger partial charge in [-0.15, -0.1) is 11.8 Å². The molecule has 128 valence electrons. The summed E-state index contributed by atoms with van der Waals surface area (Å²) in [4.78, 5) is 16.9. The lowest BCUT2D eigenvalue weighted by atomic mass is 10.0. The van der Waals surface area contributed by atoms with Gasteiger partial charge in [-0.05, 0) is 61.7 Å². The summed E-state index contributed by atoms with van der Waals surface area (Å²) in [5, 5.41) is 14.0. The Labute approximate surface area is 160 Å². The summed E-state index contributed by atoms with van der Waals surface area (Å²) in [5.41, 5.74) is -0.204. The Morgan fingerprint density at radius 1 is 1.12 bits per heavy atom. The van der Waals surface area contributed by atoms with Crippen LogP contribution in [0.3, 0.4) is 0 Å². The molecule has 1 N–H and O–H groups in total. The maximum Gasteiger partial charge on any atom is 0.252 e. The van der Waals surface area contributed by atoms with Crippen LogP contribution in [-0.2, 0) is 0 Å². The summed E-state index contributed by atoms with van der Waals surface area (Å²) in [7, 11) is 0. The Kier molecular flexibility index (Phi) is 6.49. The third-order valence-electron chi connectivity index (χ3n) is 3.37. The van der Waals surface area contributed by atoms with Crippen molar-refractivity contribution in [3.05, 3.63) is 64.1 Å². The SMILES string of the molecule is CSC(=Nc1ccc(Cl)cc1)C(C)(C#N)NC(=O)c1ccc(Cl)cc1. The third-order valence-corrected chi connectivity index (χ3v) is 4.76. The fraction of sp³-hybridized carbons (Fsp3) is 0.167. The summed E-state index contributed by atoms with van der Waals surface area (Å²) in [6, 6.07) is 15.5. The van der Waals surface area contributed by atoms with E-state index in [2.05, 4.69) is 16.4 Å². The molecule has 0 radical (unpaired) electrons. The van der Waals surface area contributed by atoms with Gasteiger partial charge < -0.3 is 5.32 Å². The molecule has 0 bridgehead atoms. The van der Waals surface area contributed by atoms with Gasteiger partial charge in [0, 0.05) is 15.6 Å². The van der Waals surface area contributed by atoms with Crippen molar-refractivity contribution in [3.63, 3.8) is 0 Å². The monoisotopic (exact) mass is 391 g/mol. The number of aliphatic imine (C=N–C) groups is 1. The van der Waals surface area contributed by atoms with Crippen molar-refractivity contribution < 1.29 is 4.79 Å². The van der Waals surface area contributed by atoms with Crippen LogP contribution in [0.25, 0.3) is 0 Å². The average Bonchev–Trinajstić information content (AvgIpc) is 2.61. The average molecular weight is 392 g/mol. The van der Waals surface area contributed by atoms with Gasteiger partial charge in [0.15, 0.2) is 5.54 Å². The lowest BCUT2D eigenvalue weighted by molar-refractivity contribution is 0.0939. The first kappa shape index (κ1) is 19.3. The van der Waals surface area contributed by atoms with Crippen molar-refractivity contribution in [2.24, 2.45) is 4.99 Å². The highest BCUT2D eigenvalue weighted by molar-refractivity contribution is 8.13. The molecule has 2 aromatic carbocycles. The lowest BCUT2D eigenvalue weighted by Crippen LogP contribution is -2.50. The Bertz CT molecular complexity index is 829. The molecule has 2 rings (SSSR count). The fourth-order valence-electron chi connectivity index (χ4n) is 2.02. The van der Waals surface area contributed by atoms with Gasteiger partial charge in [-0.1, -0.05) is 23.2 Å². The first-order valence-corrected chi connectivity index (χ1v) is 9.24. The number of halogens is 2. The van der Waals surface area contributed by atoms with Crippen LogP contribution in [0.2, 0.25) is 10.0 Å². The molecule has 1 amide bonds. The lowest BCUT2D eigenvalue weighted by Gasteiger charge is -2.24. The molecule has 25 heavy (non-hydrogen) atoms. The van der Waals surface area contributed by atoms with Crippen LogP contribution in [0.5, 0.6) is 0 Å². The quantitative estimate of drug-likeness (QED) is 0.582. The highest BCUT2D eigenvalue weighted by atomic mass is 35.5. The van der Waals surface area contributed by atoms with Crippen molar-refractivity contribution >= 4 is 51.6 Å². The Balaban J connectivity index is 2.30. The summed E-state index contributed by atoms with van der Waals surface area (Å²) in [5.74, 6) is -0.376. The van der Waals surface area contributed by atoms with Crippen LogP contribution < -0.4 is 5.32 Å². The van der Waals surface area contributed by atoms with Gasteiger partial charge >= 0.3 is 0 Å². The smallest absolute Gasteiger partial charge is 0.252 e. The number of rotatable bonds is 4. The molecule has 0 heterocycles. The highest BCUT2D eigenvalue weighted by Gasteiger charge is 2.33. The minimum atomic E-state index is -1.27. The van der Waals surface area contributed by atoms with Crippen molar-refractivity contribution in [2.75, 3.05) is 6.26 Å². The summed E-state index contributed by atoms with van der Waals surface area (Å²) >= 11 is 13.0. The van der Waals surface area contributed by atoms with Crippen LogP contribution in [0.15, 0.2) is 53.5 Å². The minimum absolute atomic E-state index is 0.376. The maximum absolute atomic E-state index is 12.5. The van der Waals surface area contributed by atoms with Crippen LogP contribution in [0.4, 0.5) is 5.69 Å². The summed E-state index contributed by atoms with van der Waals surface area (Å²) < 4.78 is 0. The molecule has 0 fully saturated rings. The first-order valence-electron chi connectivity index (χ1n) is 7.26. The number of nitrogens with zero attached hydrogens (tertiary/aromatic N) is 2. The molecule has 0 aliphatic carbocycles. The zero-order valence-electron chi connectivity index (χ0n) is 13.6. The predicted octanol–water partition coefficient (Wildman–Crippen LogP) is 5.10. The normalized spacial score (nSPS) is 13.6. The van der Waals surface area contributed by atoms with E-state index in [1.807, 2.05) is 0 Å². The number of nitrogens with one attached hydrogen (secondary N) is 1. The number of benzene rings is 2. The molecule has 4 nitrogen and oxygen atoms in total.